The standard InChI is InChI=1S/C21H19ClN2O/c22-17-5-3-4-15(12-17)21-9-8-18(25-21)14-23-11-10-16-13-24-20-7-2-1-6-19(16)20/h1-9,12-13,23-24H,10-11,14H2/p+1. The molecule has 3 nitrogen and oxygen atoms in total. The monoisotopic (exact) mass is 351 g/mol. The Morgan fingerprint density at radius 1 is 1.00 bits per heavy atom. The highest BCUT2D eigenvalue weighted by molar-refractivity contribution is 6.30. The van der Waals surface area contributed by atoms with Gasteiger partial charge < -0.3 is 14.7 Å². The van der Waals surface area contributed by atoms with Crippen molar-refractivity contribution in [3.05, 3.63) is 83.2 Å². The summed E-state index contributed by atoms with van der Waals surface area (Å²) in [5, 5.41) is 4.32. The topological polar surface area (TPSA) is 45.5 Å². The highest BCUT2D eigenvalue weighted by Crippen LogP contribution is 2.24. The van der Waals surface area contributed by atoms with E-state index in [1.165, 1.54) is 16.5 Å². The van der Waals surface area contributed by atoms with Gasteiger partial charge >= 0.3 is 0 Å². The molecule has 0 aliphatic carbocycles. The number of aromatic nitrogens is 1. The van der Waals surface area contributed by atoms with Gasteiger partial charge in [-0.05, 0) is 35.9 Å². The van der Waals surface area contributed by atoms with Gasteiger partial charge in [0.1, 0.15) is 12.3 Å². The molecule has 0 saturated heterocycles. The molecule has 2 aromatic carbocycles. The number of furan rings is 1. The van der Waals surface area contributed by atoms with Crippen molar-refractivity contribution in [1.82, 2.24) is 4.98 Å². The molecule has 2 heterocycles. The number of nitrogens with one attached hydrogen (secondary N) is 1. The second kappa shape index (κ2) is 7.18. The second-order valence-corrected chi connectivity index (χ2v) is 6.60. The molecule has 0 unspecified atom stereocenters. The summed E-state index contributed by atoms with van der Waals surface area (Å²) >= 11 is 6.04. The van der Waals surface area contributed by atoms with Crippen molar-refractivity contribution in [2.45, 2.75) is 13.0 Å². The number of para-hydroxylation sites is 1. The third kappa shape index (κ3) is 3.63. The van der Waals surface area contributed by atoms with E-state index in [0.717, 1.165) is 41.6 Å². The molecule has 0 saturated carbocycles. The predicted octanol–water partition coefficient (Wildman–Crippen LogP) is 4.39. The minimum Gasteiger partial charge on any atom is -0.455 e. The minimum absolute atomic E-state index is 0.723. The Bertz CT molecular complexity index is 986. The molecular weight excluding hydrogens is 332 g/mol. The number of benzene rings is 2. The average Bonchev–Trinajstić information content (AvgIpc) is 3.26. The fraction of sp³-hybridized carbons (Fsp3) is 0.143. The zero-order valence-electron chi connectivity index (χ0n) is 13.8. The molecule has 0 amide bonds. The molecule has 4 rings (SSSR count). The van der Waals surface area contributed by atoms with E-state index in [2.05, 4.69) is 40.8 Å². The van der Waals surface area contributed by atoms with E-state index in [1.807, 2.05) is 36.4 Å². The fourth-order valence-electron chi connectivity index (χ4n) is 3.12. The van der Waals surface area contributed by atoms with Crippen molar-refractivity contribution in [2.75, 3.05) is 6.54 Å². The van der Waals surface area contributed by atoms with E-state index in [0.29, 0.717) is 0 Å². The number of aromatic amines is 1. The zero-order chi connectivity index (χ0) is 17.1. The van der Waals surface area contributed by atoms with E-state index in [1.54, 1.807) is 0 Å². The Morgan fingerprint density at radius 2 is 1.92 bits per heavy atom. The Labute approximate surface area is 151 Å². The molecule has 3 N–H and O–H groups in total. The Kier molecular flexibility index (Phi) is 4.59. The maximum atomic E-state index is 6.04. The zero-order valence-corrected chi connectivity index (χ0v) is 14.6. The smallest absolute Gasteiger partial charge is 0.158 e. The molecule has 0 spiro atoms. The third-order valence-corrected chi connectivity index (χ3v) is 4.64. The van der Waals surface area contributed by atoms with Crippen LogP contribution in [0.4, 0.5) is 0 Å². The van der Waals surface area contributed by atoms with Crippen LogP contribution in [-0.2, 0) is 13.0 Å². The van der Waals surface area contributed by atoms with Gasteiger partial charge in [-0.25, -0.2) is 0 Å². The summed E-state index contributed by atoms with van der Waals surface area (Å²) in [4.78, 5) is 3.33. The highest BCUT2D eigenvalue weighted by Gasteiger charge is 2.07. The summed E-state index contributed by atoms with van der Waals surface area (Å²) in [5.41, 5.74) is 3.58. The number of H-pyrrole nitrogens is 1. The molecule has 0 radical (unpaired) electrons. The van der Waals surface area contributed by atoms with Gasteiger partial charge in [-0.2, -0.15) is 0 Å². The molecule has 0 atom stereocenters. The number of quaternary nitrogens is 1. The number of halogens is 1. The molecule has 4 heteroatoms. The number of rotatable bonds is 6. The molecule has 25 heavy (non-hydrogen) atoms. The van der Waals surface area contributed by atoms with Gasteiger partial charge in [-0.15, -0.1) is 0 Å². The van der Waals surface area contributed by atoms with Crippen molar-refractivity contribution in [3.63, 3.8) is 0 Å². The minimum atomic E-state index is 0.723. The van der Waals surface area contributed by atoms with Crippen LogP contribution in [0, 0.1) is 0 Å². The normalized spacial score (nSPS) is 11.2. The summed E-state index contributed by atoms with van der Waals surface area (Å²) in [6, 6.07) is 20.2. The summed E-state index contributed by atoms with van der Waals surface area (Å²) in [6.45, 7) is 1.86. The molecule has 2 aromatic heterocycles. The lowest BCUT2D eigenvalue weighted by atomic mass is 10.1. The van der Waals surface area contributed by atoms with Crippen LogP contribution in [0.5, 0.6) is 0 Å². The lowest BCUT2D eigenvalue weighted by Gasteiger charge is -2.00. The maximum absolute atomic E-state index is 6.04. The van der Waals surface area contributed by atoms with Gasteiger partial charge in [-0.1, -0.05) is 41.9 Å². The number of hydrogen-bond acceptors (Lipinski definition) is 1. The molecule has 126 valence electrons. The van der Waals surface area contributed by atoms with Gasteiger partial charge in [0.2, 0.25) is 0 Å². The van der Waals surface area contributed by atoms with Crippen LogP contribution in [0.1, 0.15) is 11.3 Å². The van der Waals surface area contributed by atoms with Crippen molar-refractivity contribution in [3.8, 4) is 11.3 Å². The van der Waals surface area contributed by atoms with Gasteiger partial charge in [-0.3, -0.25) is 0 Å². The third-order valence-electron chi connectivity index (χ3n) is 4.41. The first-order valence-electron chi connectivity index (χ1n) is 8.51. The molecule has 0 fully saturated rings. The fourth-order valence-corrected chi connectivity index (χ4v) is 3.32. The lowest BCUT2D eigenvalue weighted by molar-refractivity contribution is -0.671. The van der Waals surface area contributed by atoms with Crippen LogP contribution in [0.25, 0.3) is 22.2 Å². The number of fused-ring (bicyclic) bond motifs is 1. The van der Waals surface area contributed by atoms with Crippen LogP contribution in [-0.4, -0.2) is 11.5 Å². The van der Waals surface area contributed by atoms with Gasteiger partial charge in [0.15, 0.2) is 5.76 Å². The van der Waals surface area contributed by atoms with Crippen LogP contribution in [0.15, 0.2) is 71.3 Å². The maximum Gasteiger partial charge on any atom is 0.158 e. The SMILES string of the molecule is Clc1cccc(-c2ccc(C[NH2+]CCc3c[nH]c4ccccc34)o2)c1. The van der Waals surface area contributed by atoms with Gasteiger partial charge in [0.25, 0.3) is 0 Å². The van der Waals surface area contributed by atoms with Crippen molar-refractivity contribution in [2.24, 2.45) is 0 Å². The lowest BCUT2D eigenvalue weighted by Crippen LogP contribution is -2.83. The van der Waals surface area contributed by atoms with E-state index < -0.39 is 0 Å². The van der Waals surface area contributed by atoms with Crippen LogP contribution < -0.4 is 5.32 Å². The van der Waals surface area contributed by atoms with E-state index in [-0.39, 0.29) is 0 Å². The highest BCUT2D eigenvalue weighted by atomic mass is 35.5. The van der Waals surface area contributed by atoms with Crippen LogP contribution in [0.2, 0.25) is 5.02 Å². The van der Waals surface area contributed by atoms with E-state index in [9.17, 15) is 0 Å². The first-order valence-corrected chi connectivity index (χ1v) is 8.89. The second-order valence-electron chi connectivity index (χ2n) is 6.17. The molecule has 4 aromatic rings. The van der Waals surface area contributed by atoms with Gasteiger partial charge in [0, 0.05) is 34.1 Å². The van der Waals surface area contributed by atoms with Crippen molar-refractivity contribution < 1.29 is 9.73 Å². The van der Waals surface area contributed by atoms with E-state index >= 15 is 0 Å². The van der Waals surface area contributed by atoms with Crippen molar-refractivity contribution >= 4 is 22.5 Å². The number of hydrogen-bond donors (Lipinski definition) is 2. The summed E-state index contributed by atoms with van der Waals surface area (Å²) in [6.07, 6.45) is 3.15. The molecule has 0 aliphatic heterocycles. The Morgan fingerprint density at radius 3 is 2.84 bits per heavy atom. The first-order chi connectivity index (χ1) is 12.3. The molecular formula is C21H20ClN2O+. The molecule has 0 aliphatic rings. The summed E-state index contributed by atoms with van der Waals surface area (Å²) in [5.74, 6) is 1.84. The Hall–Kier alpha value is -2.49. The van der Waals surface area contributed by atoms with Crippen LogP contribution >= 0.6 is 11.6 Å². The van der Waals surface area contributed by atoms with Crippen molar-refractivity contribution in [1.29, 1.82) is 0 Å². The number of nitrogens with two attached hydrogens (primary N) is 1. The summed E-state index contributed by atoms with van der Waals surface area (Å²) < 4.78 is 5.94. The quantitative estimate of drug-likeness (QED) is 0.497. The Balaban J connectivity index is 1.33. The largest absolute Gasteiger partial charge is 0.455 e. The summed E-state index contributed by atoms with van der Waals surface area (Å²) in [7, 11) is 0. The van der Waals surface area contributed by atoms with Crippen LogP contribution in [0.3, 0.4) is 0 Å². The predicted molar refractivity (Wildman–Crippen MR) is 102 cm³/mol. The first kappa shape index (κ1) is 16.0. The molecule has 0 bridgehead atoms. The average molecular weight is 352 g/mol. The van der Waals surface area contributed by atoms with E-state index in [4.69, 9.17) is 16.0 Å². The van der Waals surface area contributed by atoms with Gasteiger partial charge in [0.05, 0.1) is 6.54 Å².